The number of nitrogens with zero attached hydrogens (tertiary/aromatic N) is 1. The number of aromatic amines is 1. The Morgan fingerprint density at radius 2 is 2.50 bits per heavy atom. The fourth-order valence-corrected chi connectivity index (χ4v) is 1.57. The first kappa shape index (κ1) is 7.55. The second kappa shape index (κ2) is 3.11. The molecule has 1 aromatic rings. The molecule has 0 fully saturated rings. The molecule has 1 aromatic heterocycles. The Bertz CT molecular complexity index is 274. The molecule has 0 radical (unpaired) electrons. The number of hydrogen-bond acceptors (Lipinski definition) is 2. The Hall–Kier alpha value is -1.09. The second-order valence-electron chi connectivity index (χ2n) is 3.21. The highest BCUT2D eigenvalue weighted by Crippen LogP contribution is 2.23. The molecule has 3 nitrogen and oxygen atoms in total. The van der Waals surface area contributed by atoms with Crippen molar-refractivity contribution in [3.63, 3.8) is 0 Å². The number of hydrogen-bond donors (Lipinski definition) is 2. The van der Waals surface area contributed by atoms with Gasteiger partial charge in [-0.1, -0.05) is 6.08 Å². The van der Waals surface area contributed by atoms with E-state index in [0.717, 1.165) is 25.1 Å². The van der Waals surface area contributed by atoms with Crippen LogP contribution in [0, 0.1) is 0 Å². The summed E-state index contributed by atoms with van der Waals surface area (Å²) in [5.74, 6) is 0.977. The maximum atomic E-state index is 5.85. The van der Waals surface area contributed by atoms with E-state index >= 15 is 0 Å². The van der Waals surface area contributed by atoms with Crippen molar-refractivity contribution in [2.45, 2.75) is 25.3 Å². The third kappa shape index (κ3) is 1.41. The van der Waals surface area contributed by atoms with Gasteiger partial charge < -0.3 is 10.7 Å². The molecule has 1 atom stereocenters. The van der Waals surface area contributed by atoms with Crippen molar-refractivity contribution in [1.29, 1.82) is 0 Å². The smallest absolute Gasteiger partial charge is 0.132 e. The lowest BCUT2D eigenvalue weighted by molar-refractivity contribution is 0.614. The highest BCUT2D eigenvalue weighted by molar-refractivity contribution is 5.60. The van der Waals surface area contributed by atoms with E-state index in [9.17, 15) is 0 Å². The quantitative estimate of drug-likeness (QED) is 0.655. The van der Waals surface area contributed by atoms with Crippen LogP contribution >= 0.6 is 0 Å². The van der Waals surface area contributed by atoms with E-state index < -0.39 is 0 Å². The predicted molar refractivity (Wildman–Crippen MR) is 48.4 cm³/mol. The fraction of sp³-hybridized carbons (Fsp3) is 0.444. The number of allylic oxidation sites excluding steroid dienone is 1. The zero-order valence-corrected chi connectivity index (χ0v) is 6.96. The van der Waals surface area contributed by atoms with Crippen molar-refractivity contribution in [3.8, 4) is 0 Å². The van der Waals surface area contributed by atoms with Gasteiger partial charge in [-0.05, 0) is 24.8 Å². The highest BCUT2D eigenvalue weighted by Gasteiger charge is 2.13. The molecule has 0 spiro atoms. The number of H-pyrrole nitrogens is 1. The summed E-state index contributed by atoms with van der Waals surface area (Å²) in [5.41, 5.74) is 7.11. The number of nitrogens with two attached hydrogens (primary N) is 1. The lowest BCUT2D eigenvalue weighted by Crippen LogP contribution is -2.22. The molecule has 3 heteroatoms. The van der Waals surface area contributed by atoms with Gasteiger partial charge in [0.25, 0.3) is 0 Å². The zero-order chi connectivity index (χ0) is 8.39. The SMILES string of the molecule is NC1CCC=C(c2ncc[nH]2)C1. The molecule has 12 heavy (non-hydrogen) atoms. The van der Waals surface area contributed by atoms with Crippen LogP contribution in [-0.2, 0) is 0 Å². The van der Waals surface area contributed by atoms with Crippen molar-refractivity contribution in [2.75, 3.05) is 0 Å². The zero-order valence-electron chi connectivity index (χ0n) is 6.96. The Balaban J connectivity index is 2.19. The highest BCUT2D eigenvalue weighted by atomic mass is 14.9. The average Bonchev–Trinajstić information content (AvgIpc) is 2.56. The minimum absolute atomic E-state index is 0.315. The van der Waals surface area contributed by atoms with Crippen LogP contribution in [0.1, 0.15) is 25.1 Å². The summed E-state index contributed by atoms with van der Waals surface area (Å²) in [6.07, 6.45) is 8.98. The van der Waals surface area contributed by atoms with E-state index in [1.54, 1.807) is 6.20 Å². The van der Waals surface area contributed by atoms with E-state index in [1.165, 1.54) is 5.57 Å². The van der Waals surface area contributed by atoms with Crippen molar-refractivity contribution >= 4 is 5.57 Å². The number of imidazole rings is 1. The molecule has 0 saturated carbocycles. The van der Waals surface area contributed by atoms with Crippen LogP contribution in [0.5, 0.6) is 0 Å². The first-order valence-electron chi connectivity index (χ1n) is 4.30. The van der Waals surface area contributed by atoms with Gasteiger partial charge in [-0.25, -0.2) is 4.98 Å². The first-order valence-corrected chi connectivity index (χ1v) is 4.30. The fourth-order valence-electron chi connectivity index (χ4n) is 1.57. The molecular weight excluding hydrogens is 150 g/mol. The molecular formula is C9H13N3. The van der Waals surface area contributed by atoms with Crippen molar-refractivity contribution in [3.05, 3.63) is 24.3 Å². The number of nitrogens with one attached hydrogen (secondary N) is 1. The number of aromatic nitrogens is 2. The third-order valence-electron chi connectivity index (χ3n) is 2.21. The van der Waals surface area contributed by atoms with Gasteiger partial charge in [-0.2, -0.15) is 0 Å². The van der Waals surface area contributed by atoms with E-state index in [-0.39, 0.29) is 0 Å². The molecule has 2 rings (SSSR count). The minimum Gasteiger partial charge on any atom is -0.345 e. The molecule has 0 amide bonds. The lowest BCUT2D eigenvalue weighted by atomic mass is 9.95. The van der Waals surface area contributed by atoms with Gasteiger partial charge in [0, 0.05) is 18.4 Å². The number of rotatable bonds is 1. The van der Waals surface area contributed by atoms with Crippen LogP contribution in [0.4, 0.5) is 0 Å². The molecule has 0 aliphatic heterocycles. The van der Waals surface area contributed by atoms with Gasteiger partial charge in [0.05, 0.1) is 0 Å². The molecule has 1 heterocycles. The second-order valence-corrected chi connectivity index (χ2v) is 3.21. The van der Waals surface area contributed by atoms with E-state index in [1.807, 2.05) is 6.20 Å². The molecule has 1 aliphatic rings. The van der Waals surface area contributed by atoms with Gasteiger partial charge in [0.15, 0.2) is 0 Å². The van der Waals surface area contributed by atoms with Crippen LogP contribution in [0.15, 0.2) is 18.5 Å². The van der Waals surface area contributed by atoms with E-state index in [4.69, 9.17) is 5.73 Å². The predicted octanol–water partition coefficient (Wildman–Crippen LogP) is 1.30. The monoisotopic (exact) mass is 163 g/mol. The standard InChI is InChI=1S/C9H13N3/c10-8-3-1-2-7(6-8)9-11-4-5-12-9/h2,4-5,8H,1,3,6,10H2,(H,11,12). The Labute approximate surface area is 71.7 Å². The molecule has 3 N–H and O–H groups in total. The largest absolute Gasteiger partial charge is 0.345 e. The van der Waals surface area contributed by atoms with Crippen molar-refractivity contribution < 1.29 is 0 Å². The molecule has 0 aromatic carbocycles. The van der Waals surface area contributed by atoms with Gasteiger partial charge in [0.2, 0.25) is 0 Å². The van der Waals surface area contributed by atoms with E-state index in [2.05, 4.69) is 16.0 Å². The van der Waals surface area contributed by atoms with Crippen LogP contribution < -0.4 is 5.73 Å². The van der Waals surface area contributed by atoms with Crippen LogP contribution in [0.25, 0.3) is 5.57 Å². The molecule has 64 valence electrons. The summed E-state index contributed by atoms with van der Waals surface area (Å²) < 4.78 is 0. The summed E-state index contributed by atoms with van der Waals surface area (Å²) in [6, 6.07) is 0.315. The summed E-state index contributed by atoms with van der Waals surface area (Å²) in [5, 5.41) is 0. The summed E-state index contributed by atoms with van der Waals surface area (Å²) in [4.78, 5) is 7.29. The normalized spacial score (nSPS) is 23.8. The average molecular weight is 163 g/mol. The maximum Gasteiger partial charge on any atom is 0.132 e. The van der Waals surface area contributed by atoms with Crippen molar-refractivity contribution in [1.82, 2.24) is 9.97 Å². The molecule has 0 bridgehead atoms. The van der Waals surface area contributed by atoms with Crippen molar-refractivity contribution in [2.24, 2.45) is 5.73 Å². The Kier molecular flexibility index (Phi) is 1.96. The molecule has 1 unspecified atom stereocenters. The maximum absolute atomic E-state index is 5.85. The van der Waals surface area contributed by atoms with Gasteiger partial charge in [-0.15, -0.1) is 0 Å². The van der Waals surface area contributed by atoms with Gasteiger partial charge >= 0.3 is 0 Å². The van der Waals surface area contributed by atoms with Gasteiger partial charge in [0.1, 0.15) is 5.82 Å². The molecule has 0 saturated heterocycles. The van der Waals surface area contributed by atoms with Crippen LogP contribution in [0.3, 0.4) is 0 Å². The Morgan fingerprint density at radius 1 is 1.58 bits per heavy atom. The molecule has 1 aliphatic carbocycles. The summed E-state index contributed by atoms with van der Waals surface area (Å²) >= 11 is 0. The summed E-state index contributed by atoms with van der Waals surface area (Å²) in [6.45, 7) is 0. The van der Waals surface area contributed by atoms with E-state index in [0.29, 0.717) is 6.04 Å². The van der Waals surface area contributed by atoms with Gasteiger partial charge in [-0.3, -0.25) is 0 Å². The van der Waals surface area contributed by atoms with Crippen LogP contribution in [-0.4, -0.2) is 16.0 Å². The van der Waals surface area contributed by atoms with Crippen LogP contribution in [0.2, 0.25) is 0 Å². The summed E-state index contributed by atoms with van der Waals surface area (Å²) in [7, 11) is 0. The minimum atomic E-state index is 0.315. The lowest BCUT2D eigenvalue weighted by Gasteiger charge is -2.17. The topological polar surface area (TPSA) is 54.7 Å². The third-order valence-corrected chi connectivity index (χ3v) is 2.21. The Morgan fingerprint density at radius 3 is 3.17 bits per heavy atom. The first-order chi connectivity index (χ1) is 5.86.